The molecule has 0 fully saturated rings. The molecule has 9 heteroatoms. The summed E-state index contributed by atoms with van der Waals surface area (Å²) in [6.45, 7) is 0. The summed E-state index contributed by atoms with van der Waals surface area (Å²) in [5.74, 6) is 1.84. The lowest BCUT2D eigenvalue weighted by atomic mass is 10.2. The van der Waals surface area contributed by atoms with E-state index in [1.165, 1.54) is 17.7 Å². The lowest BCUT2D eigenvalue weighted by Gasteiger charge is -2.09. The number of pyridine rings is 1. The third-order valence-electron chi connectivity index (χ3n) is 3.79. The Hall–Kier alpha value is -3.30. The minimum Gasteiger partial charge on any atom is -0.340 e. The number of nitrogens with zero attached hydrogens (tertiary/aromatic N) is 3. The topological polar surface area (TPSA) is 91.8 Å². The highest BCUT2D eigenvalue weighted by Crippen LogP contribution is 2.23. The zero-order valence-electron chi connectivity index (χ0n) is 15.0. The molecule has 0 spiro atoms. The molecule has 0 radical (unpaired) electrons. The summed E-state index contributed by atoms with van der Waals surface area (Å²) in [5, 5.41) is 11.1. The van der Waals surface area contributed by atoms with Gasteiger partial charge in [-0.25, -0.2) is 15.0 Å². The van der Waals surface area contributed by atoms with E-state index in [9.17, 15) is 4.79 Å². The molecule has 0 aliphatic carbocycles. The number of halogens is 1. The molecule has 7 nitrogen and oxygen atoms in total. The standard InChI is InChI=1S/C20H15BrN6OS/c21-13-9-16(29-11-13)20(28)26-15-6-4-14(5-7-15)25-18-10-19(24-12-23-18)27-17-3-1-2-8-22-17/h1-12H,(H,26,28)(H2,22,23,24,25,27). The Kier molecular flexibility index (Phi) is 5.78. The van der Waals surface area contributed by atoms with E-state index in [1.807, 2.05) is 47.8 Å². The van der Waals surface area contributed by atoms with Crippen LogP contribution in [0.1, 0.15) is 9.67 Å². The van der Waals surface area contributed by atoms with Crippen LogP contribution in [0.5, 0.6) is 0 Å². The molecule has 0 unspecified atom stereocenters. The lowest BCUT2D eigenvalue weighted by molar-refractivity contribution is 0.103. The second-order valence-corrected chi connectivity index (χ2v) is 7.74. The number of thiophene rings is 1. The van der Waals surface area contributed by atoms with E-state index >= 15 is 0 Å². The summed E-state index contributed by atoms with van der Waals surface area (Å²) in [6.07, 6.45) is 3.18. The predicted octanol–water partition coefficient (Wildman–Crippen LogP) is 5.44. The minimum atomic E-state index is -0.137. The van der Waals surface area contributed by atoms with Gasteiger partial charge in [0.25, 0.3) is 5.91 Å². The summed E-state index contributed by atoms with van der Waals surface area (Å²) in [7, 11) is 0. The number of carbonyl (C=O) groups is 1. The number of hydrogen-bond donors (Lipinski definition) is 3. The van der Waals surface area contributed by atoms with Crippen LogP contribution in [0.4, 0.5) is 28.8 Å². The van der Waals surface area contributed by atoms with Gasteiger partial charge >= 0.3 is 0 Å². The number of rotatable bonds is 6. The smallest absolute Gasteiger partial charge is 0.265 e. The van der Waals surface area contributed by atoms with Gasteiger partial charge in [-0.05, 0) is 58.4 Å². The SMILES string of the molecule is O=C(Nc1ccc(Nc2cc(Nc3ccccn3)ncn2)cc1)c1cc(Br)cs1. The Morgan fingerprint density at radius 2 is 1.62 bits per heavy atom. The van der Waals surface area contributed by atoms with Gasteiger partial charge in [0.1, 0.15) is 23.8 Å². The first-order valence-corrected chi connectivity index (χ1v) is 10.3. The second kappa shape index (κ2) is 8.80. The number of amides is 1. The van der Waals surface area contributed by atoms with E-state index in [0.717, 1.165) is 10.2 Å². The maximum absolute atomic E-state index is 12.2. The number of anilines is 5. The summed E-state index contributed by atoms with van der Waals surface area (Å²) in [6, 6.07) is 16.6. The highest BCUT2D eigenvalue weighted by Gasteiger charge is 2.09. The van der Waals surface area contributed by atoms with Crippen molar-refractivity contribution in [2.24, 2.45) is 0 Å². The zero-order valence-corrected chi connectivity index (χ0v) is 17.4. The van der Waals surface area contributed by atoms with E-state index in [2.05, 4.69) is 46.8 Å². The van der Waals surface area contributed by atoms with Crippen molar-refractivity contribution < 1.29 is 4.79 Å². The van der Waals surface area contributed by atoms with Crippen molar-refractivity contribution >= 4 is 62.0 Å². The fraction of sp³-hybridized carbons (Fsp3) is 0. The molecule has 4 rings (SSSR count). The summed E-state index contributed by atoms with van der Waals surface area (Å²) < 4.78 is 0.897. The molecule has 3 N–H and O–H groups in total. The lowest BCUT2D eigenvalue weighted by Crippen LogP contribution is -2.09. The number of nitrogens with one attached hydrogen (secondary N) is 3. The molecule has 0 bridgehead atoms. The minimum absolute atomic E-state index is 0.137. The highest BCUT2D eigenvalue weighted by molar-refractivity contribution is 9.10. The molecule has 1 amide bonds. The molecule has 29 heavy (non-hydrogen) atoms. The average molecular weight is 467 g/mol. The van der Waals surface area contributed by atoms with Crippen molar-refractivity contribution in [2.45, 2.75) is 0 Å². The molecular weight excluding hydrogens is 452 g/mol. The fourth-order valence-corrected chi connectivity index (χ4v) is 3.79. The van der Waals surface area contributed by atoms with Crippen molar-refractivity contribution in [1.29, 1.82) is 0 Å². The third kappa shape index (κ3) is 5.15. The van der Waals surface area contributed by atoms with Gasteiger partial charge < -0.3 is 16.0 Å². The largest absolute Gasteiger partial charge is 0.340 e. The monoisotopic (exact) mass is 466 g/mol. The van der Waals surface area contributed by atoms with Crippen LogP contribution < -0.4 is 16.0 Å². The maximum Gasteiger partial charge on any atom is 0.265 e. The van der Waals surface area contributed by atoms with Gasteiger partial charge in [-0.3, -0.25) is 4.79 Å². The van der Waals surface area contributed by atoms with Gasteiger partial charge in [0.15, 0.2) is 0 Å². The van der Waals surface area contributed by atoms with Crippen LogP contribution in [-0.2, 0) is 0 Å². The first-order chi connectivity index (χ1) is 14.2. The van der Waals surface area contributed by atoms with Crippen molar-refractivity contribution in [3.05, 3.63) is 81.9 Å². The Morgan fingerprint density at radius 3 is 2.31 bits per heavy atom. The van der Waals surface area contributed by atoms with Crippen LogP contribution in [0.3, 0.4) is 0 Å². The zero-order chi connectivity index (χ0) is 20.1. The second-order valence-electron chi connectivity index (χ2n) is 5.91. The van der Waals surface area contributed by atoms with Crippen molar-refractivity contribution in [3.8, 4) is 0 Å². The van der Waals surface area contributed by atoms with Crippen molar-refractivity contribution in [2.75, 3.05) is 16.0 Å². The van der Waals surface area contributed by atoms with E-state index in [4.69, 9.17) is 0 Å². The van der Waals surface area contributed by atoms with E-state index in [-0.39, 0.29) is 5.91 Å². The molecule has 144 valence electrons. The first-order valence-electron chi connectivity index (χ1n) is 8.58. The molecule has 3 aromatic heterocycles. The van der Waals surface area contributed by atoms with Gasteiger partial charge in [0, 0.05) is 33.5 Å². The van der Waals surface area contributed by atoms with Gasteiger partial charge in [-0.1, -0.05) is 6.07 Å². The molecule has 0 aliphatic rings. The maximum atomic E-state index is 12.2. The molecule has 3 heterocycles. The van der Waals surface area contributed by atoms with Gasteiger partial charge in [-0.2, -0.15) is 0 Å². The van der Waals surface area contributed by atoms with Crippen LogP contribution in [0, 0.1) is 0 Å². The summed E-state index contributed by atoms with van der Waals surface area (Å²) in [5.41, 5.74) is 1.55. The van der Waals surface area contributed by atoms with Crippen LogP contribution in [0.25, 0.3) is 0 Å². The van der Waals surface area contributed by atoms with Gasteiger partial charge in [-0.15, -0.1) is 11.3 Å². The van der Waals surface area contributed by atoms with Crippen molar-refractivity contribution in [3.63, 3.8) is 0 Å². The number of carbonyl (C=O) groups excluding carboxylic acids is 1. The van der Waals surface area contributed by atoms with Crippen LogP contribution >= 0.6 is 27.3 Å². The molecule has 0 aliphatic heterocycles. The van der Waals surface area contributed by atoms with E-state index in [0.29, 0.717) is 28.0 Å². The fourth-order valence-electron chi connectivity index (χ4n) is 2.47. The predicted molar refractivity (Wildman–Crippen MR) is 119 cm³/mol. The van der Waals surface area contributed by atoms with Crippen LogP contribution in [0.2, 0.25) is 0 Å². The first kappa shape index (κ1) is 19.0. The number of aromatic nitrogens is 3. The highest BCUT2D eigenvalue weighted by atomic mass is 79.9. The Balaban J connectivity index is 1.40. The molecule has 0 saturated heterocycles. The van der Waals surface area contributed by atoms with E-state index < -0.39 is 0 Å². The summed E-state index contributed by atoms with van der Waals surface area (Å²) >= 11 is 4.74. The van der Waals surface area contributed by atoms with Gasteiger partial charge in [0.05, 0.1) is 4.88 Å². The third-order valence-corrected chi connectivity index (χ3v) is 5.48. The number of hydrogen-bond acceptors (Lipinski definition) is 7. The van der Waals surface area contributed by atoms with Crippen molar-refractivity contribution in [1.82, 2.24) is 15.0 Å². The quantitative estimate of drug-likeness (QED) is 0.350. The molecule has 0 atom stereocenters. The van der Waals surface area contributed by atoms with E-state index in [1.54, 1.807) is 18.3 Å². The Bertz CT molecular complexity index is 1120. The average Bonchev–Trinajstić information content (AvgIpc) is 3.17. The molecular formula is C20H15BrN6OS. The van der Waals surface area contributed by atoms with Gasteiger partial charge in [0.2, 0.25) is 0 Å². The molecule has 0 saturated carbocycles. The molecule has 4 aromatic rings. The normalized spacial score (nSPS) is 10.4. The van der Waals surface area contributed by atoms with Crippen LogP contribution in [-0.4, -0.2) is 20.9 Å². The molecule has 1 aromatic carbocycles. The summed E-state index contributed by atoms with van der Waals surface area (Å²) in [4.78, 5) is 25.5. The Labute approximate surface area is 179 Å². The number of benzene rings is 1. The Morgan fingerprint density at radius 1 is 0.862 bits per heavy atom. The van der Waals surface area contributed by atoms with Crippen LogP contribution in [0.15, 0.2) is 77.0 Å².